The lowest BCUT2D eigenvalue weighted by Crippen LogP contribution is -2.30. The lowest BCUT2D eigenvalue weighted by Gasteiger charge is -2.19. The molecule has 0 saturated carbocycles. The minimum absolute atomic E-state index is 0.0169. The van der Waals surface area contributed by atoms with Gasteiger partial charge in [-0.3, -0.25) is 0 Å². The maximum absolute atomic E-state index is 13.9. The van der Waals surface area contributed by atoms with Crippen molar-refractivity contribution in [1.82, 2.24) is 5.32 Å². The smallest absolute Gasteiger partial charge is 0.407 e. The molecule has 0 aliphatic heterocycles. The molecule has 0 spiro atoms. The Balaban J connectivity index is 1.28. The minimum Gasteiger partial charge on any atom is -0.478 e. The Hall–Kier alpha value is -4.01. The summed E-state index contributed by atoms with van der Waals surface area (Å²) in [5.41, 5.74) is 4.64. The van der Waals surface area contributed by atoms with Gasteiger partial charge in [0.25, 0.3) is 0 Å². The van der Waals surface area contributed by atoms with E-state index in [4.69, 9.17) is 9.84 Å². The number of aliphatic carboxylic acids is 1. The molecular formula is C28H26FNO6. The molecule has 0 heterocycles. The number of hydrogen-bond acceptors (Lipinski definition) is 5. The number of carboxylic acids is 1. The van der Waals surface area contributed by atoms with Gasteiger partial charge in [0.1, 0.15) is 18.5 Å². The first-order valence-electron chi connectivity index (χ1n) is 11.5. The number of alkyl carbamates (subject to hydrolysis) is 1. The largest absolute Gasteiger partial charge is 0.478 e. The van der Waals surface area contributed by atoms with Crippen molar-refractivity contribution in [2.45, 2.75) is 24.5 Å². The summed E-state index contributed by atoms with van der Waals surface area (Å²) in [6.45, 7) is 0.203. The fraction of sp³-hybridized carbons (Fsp3) is 0.214. The highest BCUT2D eigenvalue weighted by molar-refractivity contribution is 5.85. The van der Waals surface area contributed by atoms with Crippen LogP contribution in [-0.4, -0.2) is 46.6 Å². The van der Waals surface area contributed by atoms with Gasteiger partial charge in [0, 0.05) is 24.1 Å². The quantitative estimate of drug-likeness (QED) is 0.333. The van der Waals surface area contributed by atoms with Crippen LogP contribution in [0, 0.1) is 5.82 Å². The van der Waals surface area contributed by atoms with Crippen LogP contribution in [0.3, 0.4) is 0 Å². The van der Waals surface area contributed by atoms with Crippen molar-refractivity contribution in [3.8, 4) is 11.1 Å². The molecule has 0 bridgehead atoms. The van der Waals surface area contributed by atoms with E-state index in [1.165, 1.54) is 12.1 Å². The number of rotatable bonds is 9. The number of benzene rings is 3. The second kappa shape index (κ2) is 11.2. The third-order valence-corrected chi connectivity index (χ3v) is 6.18. The monoisotopic (exact) mass is 491 g/mol. The number of fused-ring (bicyclic) bond motifs is 3. The number of carbonyl (C=O) groups excluding carboxylic acids is 1. The number of hydrogen-bond donors (Lipinski definition) is 4. The van der Waals surface area contributed by atoms with Crippen molar-refractivity contribution in [3.63, 3.8) is 0 Å². The molecular weight excluding hydrogens is 465 g/mol. The third kappa shape index (κ3) is 5.62. The Bertz CT molecular complexity index is 1250. The van der Waals surface area contributed by atoms with Crippen LogP contribution in [0.2, 0.25) is 0 Å². The molecule has 36 heavy (non-hydrogen) atoms. The van der Waals surface area contributed by atoms with E-state index in [9.17, 15) is 24.2 Å². The average molecular weight is 492 g/mol. The van der Waals surface area contributed by atoms with Gasteiger partial charge in [-0.1, -0.05) is 54.6 Å². The maximum Gasteiger partial charge on any atom is 0.407 e. The van der Waals surface area contributed by atoms with Gasteiger partial charge in [-0.25, -0.2) is 14.0 Å². The molecule has 4 N–H and O–H groups in total. The molecule has 4 rings (SSSR count). The fourth-order valence-electron chi connectivity index (χ4n) is 4.39. The SMILES string of the molecule is O=C(O)/C=C/c1cc(C(O)C(O)CCNC(=O)OCC2c3ccccc3-c3ccccc32)ccc1F. The molecule has 1 aliphatic carbocycles. The van der Waals surface area contributed by atoms with Gasteiger partial charge >= 0.3 is 12.1 Å². The lowest BCUT2D eigenvalue weighted by molar-refractivity contribution is -0.131. The van der Waals surface area contributed by atoms with Crippen LogP contribution in [0.25, 0.3) is 17.2 Å². The van der Waals surface area contributed by atoms with Gasteiger partial charge in [0.2, 0.25) is 0 Å². The van der Waals surface area contributed by atoms with Crippen LogP contribution < -0.4 is 5.32 Å². The van der Waals surface area contributed by atoms with Gasteiger partial charge in [0.15, 0.2) is 0 Å². The van der Waals surface area contributed by atoms with Gasteiger partial charge in [0.05, 0.1) is 6.10 Å². The van der Waals surface area contributed by atoms with Crippen molar-refractivity contribution in [1.29, 1.82) is 0 Å². The van der Waals surface area contributed by atoms with E-state index < -0.39 is 30.1 Å². The summed E-state index contributed by atoms with van der Waals surface area (Å²) in [5, 5.41) is 32.1. The molecule has 1 aliphatic rings. The Kier molecular flexibility index (Phi) is 7.77. The van der Waals surface area contributed by atoms with E-state index >= 15 is 0 Å². The second-order valence-electron chi connectivity index (χ2n) is 8.51. The molecule has 2 atom stereocenters. The Morgan fingerprint density at radius 2 is 1.64 bits per heavy atom. The number of amides is 1. The zero-order chi connectivity index (χ0) is 25.7. The van der Waals surface area contributed by atoms with Crippen molar-refractivity contribution in [2.24, 2.45) is 0 Å². The van der Waals surface area contributed by atoms with Gasteiger partial charge in [-0.15, -0.1) is 0 Å². The van der Waals surface area contributed by atoms with Crippen LogP contribution >= 0.6 is 0 Å². The molecule has 7 nitrogen and oxygen atoms in total. The molecule has 186 valence electrons. The Labute approximate surface area is 207 Å². The summed E-state index contributed by atoms with van der Waals surface area (Å²) in [6.07, 6.45) is -1.38. The number of aliphatic hydroxyl groups is 2. The molecule has 3 aromatic rings. The molecule has 2 unspecified atom stereocenters. The zero-order valence-electron chi connectivity index (χ0n) is 19.3. The van der Waals surface area contributed by atoms with Crippen molar-refractivity contribution >= 4 is 18.1 Å². The summed E-state index contributed by atoms with van der Waals surface area (Å²) < 4.78 is 19.3. The maximum atomic E-state index is 13.9. The van der Waals surface area contributed by atoms with E-state index in [2.05, 4.69) is 5.32 Å². The number of carbonyl (C=O) groups is 2. The number of aliphatic hydroxyl groups excluding tert-OH is 2. The third-order valence-electron chi connectivity index (χ3n) is 6.18. The zero-order valence-corrected chi connectivity index (χ0v) is 19.3. The van der Waals surface area contributed by atoms with Gasteiger partial charge in [-0.05, 0) is 52.4 Å². The molecule has 0 radical (unpaired) electrons. The highest BCUT2D eigenvalue weighted by Gasteiger charge is 2.29. The molecule has 0 aromatic heterocycles. The second-order valence-corrected chi connectivity index (χ2v) is 8.51. The minimum atomic E-state index is -1.35. The van der Waals surface area contributed by atoms with E-state index in [0.717, 1.165) is 40.5 Å². The van der Waals surface area contributed by atoms with Crippen LogP contribution in [0.15, 0.2) is 72.8 Å². The molecule has 1 amide bonds. The standard InChI is InChI=1S/C28H26FNO6/c29-24-11-9-18(15-17(24)10-12-26(32)33)27(34)25(31)13-14-30-28(35)36-16-23-21-7-3-1-5-19(21)20-6-2-4-8-22(20)23/h1-12,15,23,25,27,31,34H,13-14,16H2,(H,30,35)(H,32,33)/b12-10+. The highest BCUT2D eigenvalue weighted by atomic mass is 19.1. The Morgan fingerprint density at radius 3 is 2.28 bits per heavy atom. The summed E-state index contributed by atoms with van der Waals surface area (Å²) in [7, 11) is 0. The summed E-state index contributed by atoms with van der Waals surface area (Å²) in [4.78, 5) is 23.0. The Morgan fingerprint density at radius 1 is 1.00 bits per heavy atom. The number of halogens is 1. The molecule has 0 fully saturated rings. The normalized spacial score (nSPS) is 14.2. The molecule has 8 heteroatoms. The van der Waals surface area contributed by atoms with Gasteiger partial charge in [-0.2, -0.15) is 0 Å². The highest BCUT2D eigenvalue weighted by Crippen LogP contribution is 2.44. The number of carboxylic acid groups (broad SMARTS) is 1. The summed E-state index contributed by atoms with van der Waals surface area (Å²) in [6, 6.07) is 19.7. The van der Waals surface area contributed by atoms with Crippen LogP contribution in [0.1, 0.15) is 40.7 Å². The van der Waals surface area contributed by atoms with Gasteiger partial charge < -0.3 is 25.4 Å². The average Bonchev–Trinajstić information content (AvgIpc) is 3.20. The first kappa shape index (κ1) is 25.1. The van der Waals surface area contributed by atoms with Crippen molar-refractivity contribution in [3.05, 3.63) is 101 Å². The fourth-order valence-corrected chi connectivity index (χ4v) is 4.39. The molecule has 0 saturated heterocycles. The van der Waals surface area contributed by atoms with Crippen LogP contribution in [0.5, 0.6) is 0 Å². The topological polar surface area (TPSA) is 116 Å². The van der Waals surface area contributed by atoms with E-state index in [-0.39, 0.29) is 36.6 Å². The molecule has 3 aromatic carbocycles. The predicted molar refractivity (Wildman–Crippen MR) is 132 cm³/mol. The predicted octanol–water partition coefficient (Wildman–Crippen LogP) is 4.25. The van der Waals surface area contributed by atoms with E-state index in [1.54, 1.807) is 0 Å². The first-order chi connectivity index (χ1) is 17.3. The van der Waals surface area contributed by atoms with Crippen molar-refractivity contribution in [2.75, 3.05) is 13.2 Å². The van der Waals surface area contributed by atoms with Crippen molar-refractivity contribution < 1.29 is 34.0 Å². The number of ether oxygens (including phenoxy) is 1. The van der Waals surface area contributed by atoms with E-state index in [1.807, 2.05) is 48.5 Å². The lowest BCUT2D eigenvalue weighted by atomic mass is 9.98. The van der Waals surface area contributed by atoms with E-state index in [0.29, 0.717) is 0 Å². The summed E-state index contributed by atoms with van der Waals surface area (Å²) >= 11 is 0. The van der Waals surface area contributed by atoms with Crippen LogP contribution in [-0.2, 0) is 9.53 Å². The van der Waals surface area contributed by atoms with Crippen LogP contribution in [0.4, 0.5) is 9.18 Å². The number of nitrogens with one attached hydrogen (secondary N) is 1. The first-order valence-corrected chi connectivity index (χ1v) is 11.5. The summed E-state index contributed by atoms with van der Waals surface area (Å²) in [5.74, 6) is -1.96.